The minimum Gasteiger partial charge on any atom is -0.493 e. The van der Waals surface area contributed by atoms with Crippen LogP contribution in [0, 0.1) is 0 Å². The van der Waals surface area contributed by atoms with E-state index in [9.17, 15) is 26.4 Å². The number of sulfone groups is 1. The third-order valence-electron chi connectivity index (χ3n) is 5.85. The van der Waals surface area contributed by atoms with Crippen LogP contribution >= 0.6 is 0 Å². The Morgan fingerprint density at radius 1 is 1.21 bits per heavy atom. The molecule has 9 nitrogen and oxygen atoms in total. The minimum absolute atomic E-state index is 0.0193. The molecule has 0 aliphatic carbocycles. The smallest absolute Gasteiger partial charge is 0.419 e. The zero-order chi connectivity index (χ0) is 24.2. The van der Waals surface area contributed by atoms with Crippen LogP contribution in [0.3, 0.4) is 0 Å². The van der Waals surface area contributed by atoms with Crippen LogP contribution in [-0.4, -0.2) is 47.2 Å². The molecule has 1 atom stereocenters. The fraction of sp³-hybridized carbons (Fsp3) is 0.400. The summed E-state index contributed by atoms with van der Waals surface area (Å²) in [5.74, 6) is -1.21. The molecule has 0 bridgehead atoms. The van der Waals surface area contributed by atoms with E-state index >= 15 is 0 Å². The van der Waals surface area contributed by atoms with Gasteiger partial charge in [0.2, 0.25) is 5.82 Å². The number of halogens is 3. The van der Waals surface area contributed by atoms with E-state index in [-0.39, 0.29) is 30.3 Å². The van der Waals surface area contributed by atoms with Gasteiger partial charge in [0.05, 0.1) is 17.9 Å². The molecule has 1 amide bonds. The molecule has 0 saturated heterocycles. The summed E-state index contributed by atoms with van der Waals surface area (Å²) in [5, 5.41) is 2.51. The second kappa shape index (κ2) is 7.40. The Morgan fingerprint density at radius 2 is 1.88 bits per heavy atom. The van der Waals surface area contributed by atoms with Gasteiger partial charge in [0, 0.05) is 30.1 Å². The van der Waals surface area contributed by atoms with Crippen LogP contribution in [0.5, 0.6) is 5.75 Å². The van der Waals surface area contributed by atoms with Gasteiger partial charge in [-0.05, 0) is 32.0 Å². The molecule has 3 N–H and O–H groups in total. The summed E-state index contributed by atoms with van der Waals surface area (Å²) in [6.45, 7) is 3.22. The minimum atomic E-state index is -4.63. The van der Waals surface area contributed by atoms with Gasteiger partial charge in [-0.3, -0.25) is 9.79 Å². The second-order valence-corrected chi connectivity index (χ2v) is 10.9. The second-order valence-electron chi connectivity index (χ2n) is 8.35. The number of anilines is 1. The van der Waals surface area contributed by atoms with E-state index in [2.05, 4.69) is 20.3 Å². The highest BCUT2D eigenvalue weighted by Crippen LogP contribution is 2.46. The van der Waals surface area contributed by atoms with Gasteiger partial charge in [-0.15, -0.1) is 0 Å². The number of carbonyl (C=O) groups excluding carboxylic acids is 1. The Morgan fingerprint density at radius 3 is 2.48 bits per heavy atom. The average Bonchev–Trinajstić information content (AvgIpc) is 2.72. The lowest BCUT2D eigenvalue weighted by Gasteiger charge is -2.42. The SMILES string of the molecule is CC1(C)C(N)=NC2(CCOc3ccc(NC(=O)c4ncc(C(F)(F)F)cn4)cc32)CS1(=O)=O. The number of nitrogens with one attached hydrogen (secondary N) is 1. The Kier molecular flexibility index (Phi) is 5.15. The number of carbonyl (C=O) groups is 1. The van der Waals surface area contributed by atoms with Gasteiger partial charge in [0.25, 0.3) is 5.91 Å². The lowest BCUT2D eigenvalue weighted by Crippen LogP contribution is -2.56. The van der Waals surface area contributed by atoms with Gasteiger partial charge in [0.1, 0.15) is 21.9 Å². The van der Waals surface area contributed by atoms with E-state index in [4.69, 9.17) is 10.5 Å². The zero-order valence-electron chi connectivity index (χ0n) is 17.6. The summed E-state index contributed by atoms with van der Waals surface area (Å²) >= 11 is 0. The Hall–Kier alpha value is -3.22. The Bertz CT molecular complexity index is 1260. The summed E-state index contributed by atoms with van der Waals surface area (Å²) in [4.78, 5) is 24.0. The first-order valence-electron chi connectivity index (χ1n) is 9.81. The number of amides is 1. The summed E-state index contributed by atoms with van der Waals surface area (Å²) in [6, 6.07) is 4.58. The molecule has 2 aromatic rings. The molecule has 2 aliphatic rings. The predicted molar refractivity (Wildman–Crippen MR) is 113 cm³/mol. The summed E-state index contributed by atoms with van der Waals surface area (Å²) in [6.07, 6.45) is -3.33. The van der Waals surface area contributed by atoms with Crippen molar-refractivity contribution in [3.05, 3.63) is 47.5 Å². The van der Waals surface area contributed by atoms with Crippen molar-refractivity contribution in [2.45, 2.75) is 36.7 Å². The molecule has 2 aliphatic heterocycles. The maximum atomic E-state index is 13.0. The van der Waals surface area contributed by atoms with Crippen molar-refractivity contribution in [3.8, 4) is 5.75 Å². The zero-order valence-corrected chi connectivity index (χ0v) is 18.4. The van der Waals surface area contributed by atoms with E-state index in [0.29, 0.717) is 23.7 Å². The number of aromatic nitrogens is 2. The molecule has 1 aromatic heterocycles. The number of hydrogen-bond donors (Lipinski definition) is 2. The number of amidine groups is 1. The number of ether oxygens (including phenoxy) is 1. The summed E-state index contributed by atoms with van der Waals surface area (Å²) in [5.41, 5.74) is 4.46. The molecule has 1 aromatic carbocycles. The third kappa shape index (κ3) is 3.90. The maximum absolute atomic E-state index is 13.0. The van der Waals surface area contributed by atoms with E-state index in [1.807, 2.05) is 0 Å². The normalized spacial score (nSPS) is 23.2. The summed E-state index contributed by atoms with van der Waals surface area (Å²) in [7, 11) is -3.67. The van der Waals surface area contributed by atoms with Crippen LogP contribution < -0.4 is 15.8 Å². The van der Waals surface area contributed by atoms with Gasteiger partial charge in [-0.2, -0.15) is 13.2 Å². The molecule has 1 spiro atoms. The molecule has 176 valence electrons. The van der Waals surface area contributed by atoms with Crippen molar-refractivity contribution in [2.75, 3.05) is 17.7 Å². The number of fused-ring (bicyclic) bond motifs is 2. The van der Waals surface area contributed by atoms with Crippen LogP contribution in [0.15, 0.2) is 35.6 Å². The molecular weight excluding hydrogens is 463 g/mol. The first-order chi connectivity index (χ1) is 15.3. The van der Waals surface area contributed by atoms with Crippen LogP contribution in [0.2, 0.25) is 0 Å². The van der Waals surface area contributed by atoms with Crippen molar-refractivity contribution in [1.29, 1.82) is 0 Å². The van der Waals surface area contributed by atoms with Gasteiger partial charge in [-0.25, -0.2) is 18.4 Å². The molecule has 0 saturated carbocycles. The number of hydrogen-bond acceptors (Lipinski definition) is 8. The number of nitrogens with two attached hydrogens (primary N) is 1. The highest BCUT2D eigenvalue weighted by molar-refractivity contribution is 7.93. The van der Waals surface area contributed by atoms with Gasteiger partial charge >= 0.3 is 6.18 Å². The van der Waals surface area contributed by atoms with Crippen molar-refractivity contribution in [2.24, 2.45) is 10.7 Å². The highest BCUT2D eigenvalue weighted by Gasteiger charge is 2.52. The lowest BCUT2D eigenvalue weighted by atomic mass is 9.85. The Balaban J connectivity index is 1.67. The quantitative estimate of drug-likeness (QED) is 0.669. The monoisotopic (exact) mass is 483 g/mol. The average molecular weight is 483 g/mol. The first-order valence-corrected chi connectivity index (χ1v) is 11.5. The number of nitrogens with zero attached hydrogens (tertiary/aromatic N) is 3. The number of benzene rings is 1. The molecule has 13 heteroatoms. The number of rotatable bonds is 2. The van der Waals surface area contributed by atoms with E-state index in [1.54, 1.807) is 6.07 Å². The molecule has 3 heterocycles. The molecule has 1 unspecified atom stereocenters. The number of alkyl halides is 3. The molecule has 33 heavy (non-hydrogen) atoms. The van der Waals surface area contributed by atoms with Crippen LogP contribution in [0.1, 0.15) is 42.0 Å². The van der Waals surface area contributed by atoms with Crippen LogP contribution in [0.25, 0.3) is 0 Å². The van der Waals surface area contributed by atoms with Gasteiger partial charge < -0.3 is 15.8 Å². The molecule has 0 fully saturated rings. The largest absolute Gasteiger partial charge is 0.493 e. The van der Waals surface area contributed by atoms with Crippen LogP contribution in [0.4, 0.5) is 18.9 Å². The van der Waals surface area contributed by atoms with E-state index in [0.717, 1.165) is 0 Å². The highest BCUT2D eigenvalue weighted by atomic mass is 32.2. The van der Waals surface area contributed by atoms with Crippen LogP contribution in [-0.2, 0) is 21.6 Å². The predicted octanol–water partition coefficient (Wildman–Crippen LogP) is 2.29. The lowest BCUT2D eigenvalue weighted by molar-refractivity contribution is -0.138. The summed E-state index contributed by atoms with van der Waals surface area (Å²) < 4.78 is 68.3. The van der Waals surface area contributed by atoms with E-state index in [1.165, 1.54) is 26.0 Å². The topological polar surface area (TPSA) is 137 Å². The third-order valence-corrected chi connectivity index (χ3v) is 8.47. The molecular formula is C20H20F3N5O4S. The standard InChI is InChI=1S/C20H20F3N5O4S/c1-18(2)17(24)28-19(10-33(18,30)31)5-6-32-14-4-3-12(7-13(14)19)27-16(29)15-25-8-11(9-26-15)20(21,22)23/h3-4,7-9H,5-6,10H2,1-2H3,(H2,24,28)(H,27,29). The van der Waals surface area contributed by atoms with Crippen molar-refractivity contribution in [3.63, 3.8) is 0 Å². The van der Waals surface area contributed by atoms with Gasteiger partial charge in [-0.1, -0.05) is 0 Å². The first kappa shape index (κ1) is 23.0. The molecule has 4 rings (SSSR count). The maximum Gasteiger partial charge on any atom is 0.419 e. The van der Waals surface area contributed by atoms with E-state index < -0.39 is 43.6 Å². The number of aliphatic imine (C=N–C) groups is 1. The van der Waals surface area contributed by atoms with Crippen molar-refractivity contribution in [1.82, 2.24) is 9.97 Å². The van der Waals surface area contributed by atoms with Crippen molar-refractivity contribution < 1.29 is 31.1 Å². The fourth-order valence-corrected chi connectivity index (χ4v) is 5.38. The fourth-order valence-electron chi connectivity index (χ4n) is 3.66. The molecule has 0 radical (unpaired) electrons. The van der Waals surface area contributed by atoms with Gasteiger partial charge in [0.15, 0.2) is 9.84 Å². The van der Waals surface area contributed by atoms with Crippen molar-refractivity contribution >= 4 is 27.3 Å². The Labute approximate surface area is 187 Å².